The normalized spacial score (nSPS) is 11.3. The highest BCUT2D eigenvalue weighted by molar-refractivity contribution is 14.0. The minimum Gasteiger partial charge on any atom is -0.352 e. The Labute approximate surface area is 144 Å². The van der Waals surface area contributed by atoms with E-state index in [2.05, 4.69) is 20.9 Å². The van der Waals surface area contributed by atoms with Crippen LogP contribution >= 0.6 is 24.0 Å². The van der Waals surface area contributed by atoms with Gasteiger partial charge in [0, 0.05) is 19.1 Å². The second-order valence-electron chi connectivity index (χ2n) is 5.56. The first-order valence-electron chi connectivity index (χ1n) is 6.70. The van der Waals surface area contributed by atoms with Crippen molar-refractivity contribution in [1.29, 1.82) is 0 Å². The summed E-state index contributed by atoms with van der Waals surface area (Å²) in [6.07, 6.45) is 0. The standard InChI is InChI=1S/C15H24N4O.HI/c1-15(2,3)19-13(20)11-18-14(16-4)17-10-12-8-6-5-7-9-12;/h5-9H,10-11H2,1-4H3,(H,19,20)(H2,16,17,18);1H. The minimum absolute atomic E-state index is 0. The number of amides is 1. The van der Waals surface area contributed by atoms with Gasteiger partial charge in [-0.25, -0.2) is 0 Å². The van der Waals surface area contributed by atoms with Crippen LogP contribution < -0.4 is 16.0 Å². The van der Waals surface area contributed by atoms with Gasteiger partial charge in [0.2, 0.25) is 5.91 Å². The Bertz CT molecular complexity index is 454. The molecule has 118 valence electrons. The number of halogens is 1. The Hall–Kier alpha value is -1.31. The van der Waals surface area contributed by atoms with Gasteiger partial charge >= 0.3 is 0 Å². The summed E-state index contributed by atoms with van der Waals surface area (Å²) in [6, 6.07) is 10.0. The summed E-state index contributed by atoms with van der Waals surface area (Å²) in [5, 5.41) is 9.04. The van der Waals surface area contributed by atoms with Crippen LogP contribution in [-0.2, 0) is 11.3 Å². The van der Waals surface area contributed by atoms with Crippen LogP contribution in [0.1, 0.15) is 26.3 Å². The molecule has 0 saturated heterocycles. The van der Waals surface area contributed by atoms with Crippen LogP contribution in [0.3, 0.4) is 0 Å². The zero-order valence-electron chi connectivity index (χ0n) is 13.1. The van der Waals surface area contributed by atoms with Gasteiger partial charge in [0.25, 0.3) is 0 Å². The molecule has 0 unspecified atom stereocenters. The van der Waals surface area contributed by atoms with E-state index in [-0.39, 0.29) is 42.0 Å². The molecule has 3 N–H and O–H groups in total. The van der Waals surface area contributed by atoms with Crippen LogP contribution in [0, 0.1) is 0 Å². The van der Waals surface area contributed by atoms with Crippen LogP contribution in [0.15, 0.2) is 35.3 Å². The second-order valence-corrected chi connectivity index (χ2v) is 5.56. The van der Waals surface area contributed by atoms with Gasteiger partial charge in [0.15, 0.2) is 5.96 Å². The highest BCUT2D eigenvalue weighted by atomic mass is 127. The maximum absolute atomic E-state index is 11.7. The summed E-state index contributed by atoms with van der Waals surface area (Å²) in [7, 11) is 1.68. The van der Waals surface area contributed by atoms with Crippen LogP contribution in [0.5, 0.6) is 0 Å². The molecule has 6 heteroatoms. The molecule has 0 fully saturated rings. The van der Waals surface area contributed by atoms with Crippen molar-refractivity contribution in [1.82, 2.24) is 16.0 Å². The van der Waals surface area contributed by atoms with Gasteiger partial charge in [-0.3, -0.25) is 9.79 Å². The second kappa shape index (κ2) is 9.59. The summed E-state index contributed by atoms with van der Waals surface area (Å²) in [4.78, 5) is 15.8. The molecular weight excluding hydrogens is 379 g/mol. The summed E-state index contributed by atoms with van der Waals surface area (Å²) in [6.45, 7) is 6.72. The molecule has 0 aliphatic carbocycles. The van der Waals surface area contributed by atoms with E-state index in [1.807, 2.05) is 51.1 Å². The van der Waals surface area contributed by atoms with Crippen LogP contribution in [0.25, 0.3) is 0 Å². The number of nitrogens with zero attached hydrogens (tertiary/aromatic N) is 1. The Balaban J connectivity index is 0.00000400. The van der Waals surface area contributed by atoms with Crippen molar-refractivity contribution in [2.75, 3.05) is 13.6 Å². The lowest BCUT2D eigenvalue weighted by molar-refractivity contribution is -0.121. The van der Waals surface area contributed by atoms with Crippen LogP contribution in [0.4, 0.5) is 0 Å². The molecule has 0 heterocycles. The third kappa shape index (κ3) is 9.28. The van der Waals surface area contributed by atoms with E-state index in [1.165, 1.54) is 0 Å². The van der Waals surface area contributed by atoms with E-state index in [9.17, 15) is 4.79 Å². The number of nitrogens with one attached hydrogen (secondary N) is 3. The average Bonchev–Trinajstić information content (AvgIpc) is 2.38. The number of rotatable bonds is 4. The number of carbonyl (C=O) groups excluding carboxylic acids is 1. The molecule has 5 nitrogen and oxygen atoms in total. The van der Waals surface area contributed by atoms with E-state index in [0.717, 1.165) is 5.56 Å². The molecule has 0 saturated carbocycles. The lowest BCUT2D eigenvalue weighted by Gasteiger charge is -2.21. The van der Waals surface area contributed by atoms with Gasteiger partial charge in [-0.1, -0.05) is 30.3 Å². The number of benzene rings is 1. The average molecular weight is 404 g/mol. The maximum atomic E-state index is 11.7. The van der Waals surface area contributed by atoms with E-state index < -0.39 is 0 Å². The highest BCUT2D eigenvalue weighted by Gasteiger charge is 2.13. The lowest BCUT2D eigenvalue weighted by Crippen LogP contribution is -2.48. The smallest absolute Gasteiger partial charge is 0.239 e. The van der Waals surface area contributed by atoms with Crippen molar-refractivity contribution < 1.29 is 4.79 Å². The van der Waals surface area contributed by atoms with Crippen molar-refractivity contribution >= 4 is 35.8 Å². The third-order valence-electron chi connectivity index (χ3n) is 2.46. The quantitative estimate of drug-likeness (QED) is 0.408. The first-order chi connectivity index (χ1) is 9.40. The molecule has 0 spiro atoms. The van der Waals surface area contributed by atoms with Crippen molar-refractivity contribution in [3.63, 3.8) is 0 Å². The van der Waals surface area contributed by atoms with Crippen molar-refractivity contribution in [3.8, 4) is 0 Å². The molecule has 0 aliphatic rings. The Kier molecular flexibility index (Phi) is 9.00. The summed E-state index contributed by atoms with van der Waals surface area (Å²) in [5.41, 5.74) is 0.939. The van der Waals surface area contributed by atoms with E-state index in [4.69, 9.17) is 0 Å². The highest BCUT2D eigenvalue weighted by Crippen LogP contribution is 1.98. The predicted octanol–water partition coefficient (Wildman–Crippen LogP) is 1.88. The molecule has 0 bridgehead atoms. The fraction of sp³-hybridized carbons (Fsp3) is 0.467. The summed E-state index contributed by atoms with van der Waals surface area (Å²) < 4.78 is 0. The fourth-order valence-electron chi connectivity index (χ4n) is 1.63. The van der Waals surface area contributed by atoms with Gasteiger partial charge < -0.3 is 16.0 Å². The topological polar surface area (TPSA) is 65.5 Å². The van der Waals surface area contributed by atoms with Gasteiger partial charge in [-0.2, -0.15) is 0 Å². The maximum Gasteiger partial charge on any atom is 0.239 e. The zero-order valence-corrected chi connectivity index (χ0v) is 15.4. The molecule has 21 heavy (non-hydrogen) atoms. The predicted molar refractivity (Wildman–Crippen MR) is 98.0 cm³/mol. The number of guanidine groups is 1. The minimum atomic E-state index is -0.222. The molecular formula is C15H25IN4O. The molecule has 0 atom stereocenters. The van der Waals surface area contributed by atoms with E-state index in [1.54, 1.807) is 7.05 Å². The number of aliphatic imine (C=N–C) groups is 1. The van der Waals surface area contributed by atoms with E-state index >= 15 is 0 Å². The molecule has 0 aromatic heterocycles. The molecule has 0 radical (unpaired) electrons. The molecule has 0 aliphatic heterocycles. The first kappa shape index (κ1) is 19.7. The Morgan fingerprint density at radius 3 is 2.29 bits per heavy atom. The van der Waals surface area contributed by atoms with Crippen molar-refractivity contribution in [3.05, 3.63) is 35.9 Å². The molecule has 1 aromatic rings. The fourth-order valence-corrected chi connectivity index (χ4v) is 1.63. The van der Waals surface area contributed by atoms with E-state index in [0.29, 0.717) is 12.5 Å². The Morgan fingerprint density at radius 2 is 1.76 bits per heavy atom. The SMILES string of the molecule is CN=C(NCC(=O)NC(C)(C)C)NCc1ccccc1.I. The van der Waals surface area contributed by atoms with Crippen molar-refractivity contribution in [2.45, 2.75) is 32.9 Å². The number of hydrogen-bond acceptors (Lipinski definition) is 2. The molecule has 1 amide bonds. The van der Waals surface area contributed by atoms with Gasteiger partial charge in [0.05, 0.1) is 6.54 Å². The van der Waals surface area contributed by atoms with Crippen LogP contribution in [-0.4, -0.2) is 31.0 Å². The van der Waals surface area contributed by atoms with Gasteiger partial charge in [0.1, 0.15) is 0 Å². The zero-order chi connectivity index (χ0) is 15.0. The van der Waals surface area contributed by atoms with Gasteiger partial charge in [-0.05, 0) is 26.3 Å². The summed E-state index contributed by atoms with van der Waals surface area (Å²) >= 11 is 0. The van der Waals surface area contributed by atoms with Crippen LogP contribution in [0.2, 0.25) is 0 Å². The number of carbonyl (C=O) groups is 1. The third-order valence-corrected chi connectivity index (χ3v) is 2.46. The first-order valence-corrected chi connectivity index (χ1v) is 6.70. The largest absolute Gasteiger partial charge is 0.352 e. The molecule has 1 aromatic carbocycles. The lowest BCUT2D eigenvalue weighted by atomic mass is 10.1. The number of hydrogen-bond donors (Lipinski definition) is 3. The molecule has 1 rings (SSSR count). The van der Waals surface area contributed by atoms with Gasteiger partial charge in [-0.15, -0.1) is 24.0 Å². The monoisotopic (exact) mass is 404 g/mol. The van der Waals surface area contributed by atoms with Crippen molar-refractivity contribution in [2.24, 2.45) is 4.99 Å². The summed E-state index contributed by atoms with van der Waals surface area (Å²) in [5.74, 6) is 0.554. The Morgan fingerprint density at radius 1 is 1.14 bits per heavy atom.